The molecule has 0 atom stereocenters. The minimum absolute atomic E-state index is 0.0137. The minimum atomic E-state index is -0.422. The molecule has 2 aromatic rings. The molecular formula is C24H27FN2O4S. The Bertz CT molecular complexity index is 1020. The van der Waals surface area contributed by atoms with E-state index in [1.807, 2.05) is 11.0 Å². The molecule has 2 aromatic carbocycles. The first-order valence-electron chi connectivity index (χ1n) is 10.4. The highest BCUT2D eigenvalue weighted by atomic mass is 32.2. The van der Waals surface area contributed by atoms with Gasteiger partial charge in [0.25, 0.3) is 0 Å². The zero-order chi connectivity index (χ0) is 23.3. The van der Waals surface area contributed by atoms with Gasteiger partial charge in [-0.1, -0.05) is 0 Å². The Morgan fingerprint density at radius 3 is 2.19 bits per heavy atom. The summed E-state index contributed by atoms with van der Waals surface area (Å²) in [6, 6.07) is 9.84. The highest BCUT2D eigenvalue weighted by Gasteiger charge is 2.23. The first-order chi connectivity index (χ1) is 15.3. The number of halogens is 1. The van der Waals surface area contributed by atoms with E-state index >= 15 is 0 Å². The maximum atomic E-state index is 14.4. The third kappa shape index (κ3) is 5.68. The van der Waals surface area contributed by atoms with E-state index in [9.17, 15) is 18.8 Å². The number of benzene rings is 2. The van der Waals surface area contributed by atoms with Crippen LogP contribution in [0.4, 0.5) is 10.1 Å². The monoisotopic (exact) mass is 458 g/mol. The van der Waals surface area contributed by atoms with Crippen molar-refractivity contribution >= 4 is 34.9 Å². The third-order valence-electron chi connectivity index (χ3n) is 5.50. The minimum Gasteiger partial charge on any atom is -0.496 e. The van der Waals surface area contributed by atoms with E-state index in [0.29, 0.717) is 60.2 Å². The molecular weight excluding hydrogens is 431 g/mol. The standard InChI is InChI=1S/C24H27FN2O4S/c1-16(28)18-5-7-23(31-3)20(12-18)14-32-15-24(30)27-10-8-26(9-11-27)22-6-4-19(17(2)29)13-21(22)25/h4-7,12-13H,8-11,14-15H2,1-3H3. The van der Waals surface area contributed by atoms with Crippen LogP contribution in [0.25, 0.3) is 0 Å². The maximum absolute atomic E-state index is 14.4. The van der Waals surface area contributed by atoms with Gasteiger partial charge >= 0.3 is 0 Å². The van der Waals surface area contributed by atoms with Crippen LogP contribution in [0.3, 0.4) is 0 Å². The quantitative estimate of drug-likeness (QED) is 0.561. The number of carbonyl (C=O) groups excluding carboxylic acids is 3. The molecule has 0 unspecified atom stereocenters. The topological polar surface area (TPSA) is 66.9 Å². The highest BCUT2D eigenvalue weighted by molar-refractivity contribution is 7.99. The van der Waals surface area contributed by atoms with Crippen LogP contribution in [-0.2, 0) is 10.5 Å². The van der Waals surface area contributed by atoms with Crippen LogP contribution in [0.5, 0.6) is 5.75 Å². The smallest absolute Gasteiger partial charge is 0.232 e. The molecule has 0 aliphatic carbocycles. The van der Waals surface area contributed by atoms with E-state index in [1.165, 1.54) is 31.7 Å². The van der Waals surface area contributed by atoms with Gasteiger partial charge in [0.05, 0.1) is 18.6 Å². The summed E-state index contributed by atoms with van der Waals surface area (Å²) in [7, 11) is 1.58. The number of ether oxygens (including phenoxy) is 1. The van der Waals surface area contributed by atoms with Gasteiger partial charge < -0.3 is 14.5 Å². The number of carbonyl (C=O) groups is 3. The molecule has 1 fully saturated rings. The Labute approximate surface area is 191 Å². The van der Waals surface area contributed by atoms with E-state index in [1.54, 1.807) is 36.3 Å². The third-order valence-corrected chi connectivity index (χ3v) is 6.46. The zero-order valence-corrected chi connectivity index (χ0v) is 19.3. The van der Waals surface area contributed by atoms with Crippen molar-refractivity contribution in [2.24, 2.45) is 0 Å². The Balaban J connectivity index is 1.52. The fourth-order valence-electron chi connectivity index (χ4n) is 3.63. The lowest BCUT2D eigenvalue weighted by Crippen LogP contribution is -2.49. The fraction of sp³-hybridized carbons (Fsp3) is 0.375. The SMILES string of the molecule is COc1ccc(C(C)=O)cc1CSCC(=O)N1CCN(c2ccc(C(C)=O)cc2F)CC1. The van der Waals surface area contributed by atoms with Crippen LogP contribution >= 0.6 is 11.8 Å². The van der Waals surface area contributed by atoms with Crippen molar-refractivity contribution in [3.8, 4) is 5.75 Å². The summed E-state index contributed by atoms with van der Waals surface area (Å²) in [5.41, 5.74) is 2.30. The largest absolute Gasteiger partial charge is 0.496 e. The van der Waals surface area contributed by atoms with Crippen LogP contribution in [-0.4, -0.2) is 61.4 Å². The Hall–Kier alpha value is -2.87. The molecule has 1 aliphatic rings. The lowest BCUT2D eigenvalue weighted by Gasteiger charge is -2.36. The molecule has 3 rings (SSSR count). The second-order valence-corrected chi connectivity index (χ2v) is 8.65. The van der Waals surface area contributed by atoms with Crippen LogP contribution in [0.1, 0.15) is 40.1 Å². The average Bonchev–Trinajstić information content (AvgIpc) is 2.78. The van der Waals surface area contributed by atoms with Crippen molar-refractivity contribution in [1.29, 1.82) is 0 Å². The number of thioether (sulfide) groups is 1. The summed E-state index contributed by atoms with van der Waals surface area (Å²) >= 11 is 1.47. The molecule has 1 aliphatic heterocycles. The van der Waals surface area contributed by atoms with Gasteiger partial charge in [-0.15, -0.1) is 11.8 Å². The predicted molar refractivity (Wildman–Crippen MR) is 124 cm³/mol. The van der Waals surface area contributed by atoms with Gasteiger partial charge in [0.1, 0.15) is 11.6 Å². The van der Waals surface area contributed by atoms with Gasteiger partial charge in [-0.05, 0) is 50.2 Å². The highest BCUT2D eigenvalue weighted by Crippen LogP contribution is 2.26. The van der Waals surface area contributed by atoms with Crippen molar-refractivity contribution < 1.29 is 23.5 Å². The summed E-state index contributed by atoms with van der Waals surface area (Å²) < 4.78 is 19.8. The van der Waals surface area contributed by atoms with Crippen LogP contribution in [0, 0.1) is 5.82 Å². The summed E-state index contributed by atoms with van der Waals surface area (Å²) in [4.78, 5) is 39.4. The molecule has 1 heterocycles. The lowest BCUT2D eigenvalue weighted by molar-refractivity contribution is -0.128. The van der Waals surface area contributed by atoms with Gasteiger partial charge in [0, 0.05) is 48.6 Å². The van der Waals surface area contributed by atoms with Crippen LogP contribution in [0.2, 0.25) is 0 Å². The molecule has 0 N–H and O–H groups in total. The fourth-order valence-corrected chi connectivity index (χ4v) is 4.53. The van der Waals surface area contributed by atoms with Crippen LogP contribution < -0.4 is 9.64 Å². The number of rotatable bonds is 8. The van der Waals surface area contributed by atoms with E-state index in [4.69, 9.17) is 4.74 Å². The second-order valence-electron chi connectivity index (χ2n) is 7.67. The van der Waals surface area contributed by atoms with Crippen molar-refractivity contribution in [3.05, 3.63) is 58.9 Å². The first-order valence-corrected chi connectivity index (χ1v) is 11.5. The summed E-state index contributed by atoms with van der Waals surface area (Å²) in [6.45, 7) is 5.01. The lowest BCUT2D eigenvalue weighted by atomic mass is 10.1. The second kappa shape index (κ2) is 10.6. The number of anilines is 1. The predicted octanol–water partition coefficient (Wildman–Crippen LogP) is 3.82. The van der Waals surface area contributed by atoms with Gasteiger partial charge in [-0.25, -0.2) is 4.39 Å². The molecule has 0 saturated carbocycles. The molecule has 0 aromatic heterocycles. The van der Waals surface area contributed by atoms with Gasteiger partial charge in [0.2, 0.25) is 5.91 Å². The van der Waals surface area contributed by atoms with Crippen molar-refractivity contribution in [2.75, 3.05) is 43.9 Å². The summed E-state index contributed by atoms with van der Waals surface area (Å²) in [6.07, 6.45) is 0. The molecule has 1 saturated heterocycles. The van der Waals surface area contributed by atoms with Gasteiger partial charge in [-0.3, -0.25) is 14.4 Å². The van der Waals surface area contributed by atoms with E-state index in [0.717, 1.165) is 5.56 Å². The number of Topliss-reactive ketones (excluding diaryl/α,β-unsaturated/α-hetero) is 2. The molecule has 170 valence electrons. The van der Waals surface area contributed by atoms with E-state index in [-0.39, 0.29) is 17.5 Å². The Morgan fingerprint density at radius 2 is 1.59 bits per heavy atom. The number of nitrogens with zero attached hydrogens (tertiary/aromatic N) is 2. The molecule has 0 radical (unpaired) electrons. The van der Waals surface area contributed by atoms with E-state index in [2.05, 4.69) is 0 Å². The first kappa shape index (κ1) is 23.8. The molecule has 32 heavy (non-hydrogen) atoms. The van der Waals surface area contributed by atoms with Crippen LogP contribution in [0.15, 0.2) is 36.4 Å². The number of amides is 1. The maximum Gasteiger partial charge on any atom is 0.232 e. The van der Waals surface area contributed by atoms with Crippen molar-refractivity contribution in [2.45, 2.75) is 19.6 Å². The van der Waals surface area contributed by atoms with Gasteiger partial charge in [0.15, 0.2) is 11.6 Å². The Kier molecular flexibility index (Phi) is 7.90. The normalized spacial score (nSPS) is 13.8. The number of hydrogen-bond acceptors (Lipinski definition) is 6. The summed E-state index contributed by atoms with van der Waals surface area (Å²) in [5.74, 6) is 0.993. The summed E-state index contributed by atoms with van der Waals surface area (Å²) in [5, 5.41) is 0. The number of piperazine rings is 1. The average molecular weight is 459 g/mol. The Morgan fingerprint density at radius 1 is 0.969 bits per heavy atom. The molecule has 0 bridgehead atoms. The molecule has 6 nitrogen and oxygen atoms in total. The molecule has 1 amide bonds. The van der Waals surface area contributed by atoms with Gasteiger partial charge in [-0.2, -0.15) is 0 Å². The van der Waals surface area contributed by atoms with Crippen molar-refractivity contribution in [1.82, 2.24) is 4.90 Å². The number of ketones is 2. The van der Waals surface area contributed by atoms with E-state index < -0.39 is 5.82 Å². The zero-order valence-electron chi connectivity index (χ0n) is 18.5. The molecule has 8 heteroatoms. The number of methoxy groups -OCH3 is 1. The van der Waals surface area contributed by atoms with Crippen molar-refractivity contribution in [3.63, 3.8) is 0 Å². The molecule has 0 spiro atoms. The number of hydrogen-bond donors (Lipinski definition) is 0.